The summed E-state index contributed by atoms with van der Waals surface area (Å²) in [6.45, 7) is -0.718. The Kier molecular flexibility index (Phi) is 9.90. The second-order valence-electron chi connectivity index (χ2n) is 6.32. The van der Waals surface area contributed by atoms with E-state index in [9.17, 15) is 33.5 Å². The first-order valence-corrected chi connectivity index (χ1v) is 12.4. The van der Waals surface area contributed by atoms with Gasteiger partial charge in [0.05, 0.1) is 19.3 Å². The Morgan fingerprint density at radius 1 is 1.50 bits per heavy atom. The van der Waals surface area contributed by atoms with E-state index in [2.05, 4.69) is 43.6 Å². The number of hydrogen-bond donors (Lipinski definition) is 6. The van der Waals surface area contributed by atoms with Gasteiger partial charge in [-0.1, -0.05) is 11.8 Å². The van der Waals surface area contributed by atoms with Gasteiger partial charge in [-0.25, -0.2) is 13.7 Å². The summed E-state index contributed by atoms with van der Waals surface area (Å²) >= 11 is 3.93. The minimum atomic E-state index is -4.85. The van der Waals surface area contributed by atoms with Crippen LogP contribution in [0.4, 0.5) is 0 Å². The van der Waals surface area contributed by atoms with Crippen molar-refractivity contribution >= 4 is 34.6 Å². The SMILES string of the molecule is O=C(CCS)NCC#Cc1cn(C2C[C@H](O)[C@@H](COP(=O)(O)O[PH](=O)O)O2)c(=O)[nH]c1=O. The zero-order valence-electron chi connectivity index (χ0n) is 16.3. The van der Waals surface area contributed by atoms with Gasteiger partial charge in [0, 0.05) is 19.0 Å². The monoisotopic (exact) mass is 513 g/mol. The van der Waals surface area contributed by atoms with Gasteiger partial charge in [0.15, 0.2) is 0 Å². The Hall–Kier alpha value is -1.72. The third-order valence-corrected chi connectivity index (χ3v) is 6.26. The van der Waals surface area contributed by atoms with E-state index in [0.29, 0.717) is 5.75 Å². The van der Waals surface area contributed by atoms with Crippen LogP contribution in [0.3, 0.4) is 0 Å². The molecule has 5 atom stereocenters. The molecule has 2 rings (SSSR count). The summed E-state index contributed by atoms with van der Waals surface area (Å²) in [5.41, 5.74) is -1.72. The predicted molar refractivity (Wildman–Crippen MR) is 112 cm³/mol. The molecule has 1 aromatic rings. The molecule has 2 heterocycles. The maximum Gasteiger partial charge on any atom is 0.479 e. The molecule has 14 nitrogen and oxygen atoms in total. The van der Waals surface area contributed by atoms with E-state index in [4.69, 9.17) is 9.63 Å². The molecule has 1 amide bonds. The fourth-order valence-electron chi connectivity index (χ4n) is 2.59. The number of thiol groups is 1. The van der Waals surface area contributed by atoms with Crippen molar-refractivity contribution in [2.75, 3.05) is 18.9 Å². The zero-order valence-corrected chi connectivity index (χ0v) is 19.1. The van der Waals surface area contributed by atoms with E-state index in [1.807, 2.05) is 0 Å². The normalized spacial score (nSPS) is 23.1. The molecule has 1 aromatic heterocycles. The summed E-state index contributed by atoms with van der Waals surface area (Å²) in [5.74, 6) is 5.19. The average Bonchev–Trinajstić information content (AvgIpc) is 3.04. The Balaban J connectivity index is 2.08. The molecule has 1 saturated heterocycles. The van der Waals surface area contributed by atoms with E-state index < -0.39 is 52.4 Å². The third-order valence-electron chi connectivity index (χ3n) is 4.01. The highest BCUT2D eigenvalue weighted by Gasteiger charge is 2.38. The van der Waals surface area contributed by atoms with Crippen LogP contribution in [0.5, 0.6) is 0 Å². The molecule has 1 aliphatic heterocycles. The lowest BCUT2D eigenvalue weighted by atomic mass is 10.2. The smallest absolute Gasteiger partial charge is 0.390 e. The molecule has 17 heteroatoms. The molecule has 3 unspecified atom stereocenters. The molecular formula is C15H21N3O11P2S. The summed E-state index contributed by atoms with van der Waals surface area (Å²) < 4.78 is 36.8. The molecule has 1 aliphatic rings. The van der Waals surface area contributed by atoms with Gasteiger partial charge >= 0.3 is 21.8 Å². The van der Waals surface area contributed by atoms with Crippen molar-refractivity contribution in [3.8, 4) is 11.8 Å². The number of H-pyrrole nitrogens is 1. The zero-order chi connectivity index (χ0) is 23.9. The lowest BCUT2D eigenvalue weighted by Gasteiger charge is -2.17. The lowest BCUT2D eigenvalue weighted by molar-refractivity contribution is -0.120. The van der Waals surface area contributed by atoms with Gasteiger partial charge in [-0.15, -0.1) is 0 Å². The number of rotatable bonds is 9. The van der Waals surface area contributed by atoms with Crippen LogP contribution in [0.25, 0.3) is 0 Å². The molecular weight excluding hydrogens is 492 g/mol. The van der Waals surface area contributed by atoms with Crippen molar-refractivity contribution in [2.24, 2.45) is 0 Å². The summed E-state index contributed by atoms with van der Waals surface area (Å²) in [7, 11) is -8.59. The van der Waals surface area contributed by atoms with Gasteiger partial charge in [-0.2, -0.15) is 12.6 Å². The van der Waals surface area contributed by atoms with Gasteiger partial charge in [-0.3, -0.25) is 28.2 Å². The van der Waals surface area contributed by atoms with Crippen LogP contribution in [-0.4, -0.2) is 61.5 Å². The second-order valence-corrected chi connectivity index (χ2v) is 9.22. The van der Waals surface area contributed by atoms with Crippen molar-refractivity contribution in [3.63, 3.8) is 0 Å². The first-order valence-electron chi connectivity index (χ1n) is 8.97. The van der Waals surface area contributed by atoms with Gasteiger partial charge in [0.2, 0.25) is 5.91 Å². The van der Waals surface area contributed by atoms with Crippen LogP contribution in [0.15, 0.2) is 15.8 Å². The summed E-state index contributed by atoms with van der Waals surface area (Å²) in [5, 5.41) is 12.6. The molecule has 0 radical (unpaired) electrons. The highest BCUT2D eigenvalue weighted by Crippen LogP contribution is 2.51. The molecule has 32 heavy (non-hydrogen) atoms. The quantitative estimate of drug-likeness (QED) is 0.127. The van der Waals surface area contributed by atoms with Gasteiger partial charge in [-0.05, 0) is 5.75 Å². The van der Waals surface area contributed by atoms with Crippen molar-refractivity contribution in [2.45, 2.75) is 31.3 Å². The fraction of sp³-hybridized carbons (Fsp3) is 0.533. The number of amides is 1. The number of phosphoric acid groups is 1. The van der Waals surface area contributed by atoms with Crippen LogP contribution < -0.4 is 16.6 Å². The number of aliphatic hydroxyl groups excluding tert-OH is 1. The Bertz CT molecular complexity index is 1080. The summed E-state index contributed by atoms with van der Waals surface area (Å²) in [6, 6.07) is 0. The lowest BCUT2D eigenvalue weighted by Crippen LogP contribution is -2.33. The molecule has 178 valence electrons. The summed E-state index contributed by atoms with van der Waals surface area (Å²) in [6.07, 6.45) is -2.31. The second kappa shape index (κ2) is 11.9. The van der Waals surface area contributed by atoms with Gasteiger partial charge < -0.3 is 24.9 Å². The van der Waals surface area contributed by atoms with E-state index in [1.165, 1.54) is 0 Å². The van der Waals surface area contributed by atoms with Crippen LogP contribution in [-0.2, 0) is 27.5 Å². The van der Waals surface area contributed by atoms with E-state index in [-0.39, 0.29) is 30.9 Å². The van der Waals surface area contributed by atoms with Crippen molar-refractivity contribution < 1.29 is 42.4 Å². The highest BCUT2D eigenvalue weighted by atomic mass is 32.1. The molecule has 1 fully saturated rings. The molecule has 5 N–H and O–H groups in total. The predicted octanol–water partition coefficient (Wildman–Crippen LogP) is -1.51. The van der Waals surface area contributed by atoms with Crippen LogP contribution >= 0.6 is 28.7 Å². The number of carbonyl (C=O) groups excluding carboxylic acids is 1. The maximum atomic E-state index is 12.2. The van der Waals surface area contributed by atoms with E-state index >= 15 is 0 Å². The largest absolute Gasteiger partial charge is 0.479 e. The van der Waals surface area contributed by atoms with Crippen LogP contribution in [0.1, 0.15) is 24.6 Å². The van der Waals surface area contributed by atoms with Crippen molar-refractivity contribution in [1.82, 2.24) is 14.9 Å². The Labute approximate surface area is 186 Å². The topological polar surface area (TPSA) is 206 Å². The van der Waals surface area contributed by atoms with Crippen molar-refractivity contribution in [3.05, 3.63) is 32.6 Å². The molecule has 0 saturated carbocycles. The van der Waals surface area contributed by atoms with Crippen LogP contribution in [0, 0.1) is 11.8 Å². The van der Waals surface area contributed by atoms with E-state index in [1.54, 1.807) is 0 Å². The number of nitrogens with one attached hydrogen (secondary N) is 2. The fourth-order valence-corrected chi connectivity index (χ4v) is 4.13. The first-order chi connectivity index (χ1) is 15.0. The minimum absolute atomic E-state index is 0.0350. The number of ether oxygens (including phenoxy) is 1. The standard InChI is InChI=1S/C15H21N3O11P2S/c19-10-6-13(28-11(10)8-27-31(25,26)29-30(23)24)18-7-9(14(21)17-15(18)22)2-1-4-16-12(20)3-5-32/h7,10-11,13,19,30,32H,3-6,8H2,(H,16,20)(H,23,24)(H,25,26)(H,17,21,22)/t10-,11+,13?/m0/s1. The highest BCUT2D eigenvalue weighted by molar-refractivity contribution is 7.80. The Morgan fingerprint density at radius 2 is 2.22 bits per heavy atom. The number of phosphoric ester groups is 1. The van der Waals surface area contributed by atoms with Crippen molar-refractivity contribution in [1.29, 1.82) is 0 Å². The number of aromatic amines is 1. The van der Waals surface area contributed by atoms with E-state index in [0.717, 1.165) is 10.8 Å². The molecule has 0 aromatic carbocycles. The maximum absolute atomic E-state index is 12.2. The number of hydrogen-bond acceptors (Lipinski definition) is 10. The molecule has 0 bridgehead atoms. The number of nitrogens with zero attached hydrogens (tertiary/aromatic N) is 1. The first kappa shape index (κ1) is 26.5. The summed E-state index contributed by atoms with van der Waals surface area (Å²) in [4.78, 5) is 55.4. The van der Waals surface area contributed by atoms with Crippen LogP contribution in [0.2, 0.25) is 0 Å². The number of aliphatic hydroxyl groups is 1. The van der Waals surface area contributed by atoms with Gasteiger partial charge in [0.1, 0.15) is 17.9 Å². The van der Waals surface area contributed by atoms with Gasteiger partial charge in [0.25, 0.3) is 5.56 Å². The number of carbonyl (C=O) groups is 1. The third kappa shape index (κ3) is 8.00. The number of aromatic nitrogens is 2. The molecule has 0 spiro atoms. The minimum Gasteiger partial charge on any atom is -0.390 e. The average molecular weight is 513 g/mol. The Morgan fingerprint density at radius 3 is 2.88 bits per heavy atom. The molecule has 0 aliphatic carbocycles.